The van der Waals surface area contributed by atoms with Crippen molar-refractivity contribution in [3.63, 3.8) is 0 Å². The van der Waals surface area contributed by atoms with Gasteiger partial charge in [0.2, 0.25) is 0 Å². The van der Waals surface area contributed by atoms with E-state index in [1.54, 1.807) is 0 Å². The van der Waals surface area contributed by atoms with E-state index < -0.39 is 0 Å². The lowest BCUT2D eigenvalue weighted by Gasteiger charge is -2.42. The largest absolute Gasteiger partial charge is 0.391 e. The quantitative estimate of drug-likeness (QED) is 0.803. The van der Waals surface area contributed by atoms with Gasteiger partial charge in [0.1, 0.15) is 0 Å². The van der Waals surface area contributed by atoms with Crippen molar-refractivity contribution >= 4 is 5.69 Å². The molecule has 0 radical (unpaired) electrons. The van der Waals surface area contributed by atoms with Gasteiger partial charge in [-0.3, -0.25) is 0 Å². The van der Waals surface area contributed by atoms with Gasteiger partial charge in [0.05, 0.1) is 12.1 Å². The molecule has 0 aromatic heterocycles. The number of benzene rings is 1. The molecule has 1 saturated carbocycles. The van der Waals surface area contributed by atoms with E-state index in [2.05, 4.69) is 29.2 Å². The zero-order valence-corrected chi connectivity index (χ0v) is 10.3. The summed E-state index contributed by atoms with van der Waals surface area (Å²) in [7, 11) is 0. The molecule has 1 fully saturated rings. The summed E-state index contributed by atoms with van der Waals surface area (Å²) in [6, 6.07) is 9.05. The van der Waals surface area contributed by atoms with Gasteiger partial charge >= 0.3 is 0 Å². The monoisotopic (exact) mass is 231 g/mol. The van der Waals surface area contributed by atoms with Crippen LogP contribution in [0.1, 0.15) is 37.7 Å². The SMILES string of the molecule is O[C@H]1CCCC[C@@H]1N1CCCc2ccccc21. The molecule has 1 heterocycles. The van der Waals surface area contributed by atoms with E-state index in [4.69, 9.17) is 0 Å². The maximum atomic E-state index is 10.2. The number of hydrogen-bond donors (Lipinski definition) is 1. The first-order chi connectivity index (χ1) is 8.36. The van der Waals surface area contributed by atoms with E-state index in [9.17, 15) is 5.11 Å². The van der Waals surface area contributed by atoms with Crippen LogP contribution < -0.4 is 4.90 Å². The number of nitrogens with zero attached hydrogens (tertiary/aromatic N) is 1. The normalized spacial score (nSPS) is 28.9. The van der Waals surface area contributed by atoms with Crippen molar-refractivity contribution < 1.29 is 5.11 Å². The highest BCUT2D eigenvalue weighted by molar-refractivity contribution is 5.56. The maximum Gasteiger partial charge on any atom is 0.0743 e. The van der Waals surface area contributed by atoms with Gasteiger partial charge in [0.25, 0.3) is 0 Å². The first-order valence-electron chi connectivity index (χ1n) is 6.89. The predicted octanol–water partition coefficient (Wildman–Crippen LogP) is 2.74. The number of aliphatic hydroxyl groups is 1. The second-order valence-corrected chi connectivity index (χ2v) is 5.34. The highest BCUT2D eigenvalue weighted by Crippen LogP contribution is 2.33. The van der Waals surface area contributed by atoms with E-state index in [0.717, 1.165) is 19.4 Å². The number of fused-ring (bicyclic) bond motifs is 1. The average Bonchev–Trinajstić information content (AvgIpc) is 2.39. The van der Waals surface area contributed by atoms with Gasteiger partial charge in [-0.05, 0) is 37.3 Å². The fourth-order valence-corrected chi connectivity index (χ4v) is 3.36. The third kappa shape index (κ3) is 2.06. The third-order valence-corrected chi connectivity index (χ3v) is 4.24. The first-order valence-corrected chi connectivity index (χ1v) is 6.89. The third-order valence-electron chi connectivity index (χ3n) is 4.24. The number of rotatable bonds is 1. The van der Waals surface area contributed by atoms with Crippen LogP contribution in [0.3, 0.4) is 0 Å². The number of para-hydroxylation sites is 1. The minimum Gasteiger partial charge on any atom is -0.391 e. The van der Waals surface area contributed by atoms with Crippen LogP contribution in [0, 0.1) is 0 Å². The van der Waals surface area contributed by atoms with Gasteiger partial charge < -0.3 is 10.0 Å². The topological polar surface area (TPSA) is 23.5 Å². The molecule has 2 atom stereocenters. The molecule has 1 N–H and O–H groups in total. The van der Waals surface area contributed by atoms with E-state index >= 15 is 0 Å². The van der Waals surface area contributed by atoms with Crippen molar-refractivity contribution in [2.45, 2.75) is 50.7 Å². The average molecular weight is 231 g/mol. The van der Waals surface area contributed by atoms with Gasteiger partial charge in [0, 0.05) is 12.2 Å². The lowest BCUT2D eigenvalue weighted by molar-refractivity contribution is 0.103. The molecule has 0 saturated heterocycles. The summed E-state index contributed by atoms with van der Waals surface area (Å²) in [5, 5.41) is 10.2. The molecule has 2 heteroatoms. The van der Waals surface area contributed by atoms with E-state index in [0.29, 0.717) is 6.04 Å². The number of hydrogen-bond acceptors (Lipinski definition) is 2. The Labute approximate surface area is 103 Å². The molecule has 2 nitrogen and oxygen atoms in total. The second kappa shape index (κ2) is 4.69. The van der Waals surface area contributed by atoms with Crippen LogP contribution in [0.25, 0.3) is 0 Å². The van der Waals surface area contributed by atoms with Crippen LogP contribution in [0.15, 0.2) is 24.3 Å². The van der Waals surface area contributed by atoms with Gasteiger partial charge in [-0.1, -0.05) is 31.0 Å². The van der Waals surface area contributed by atoms with Crippen molar-refractivity contribution in [3.05, 3.63) is 29.8 Å². The summed E-state index contributed by atoms with van der Waals surface area (Å²) in [4.78, 5) is 2.46. The predicted molar refractivity (Wildman–Crippen MR) is 70.4 cm³/mol. The Hall–Kier alpha value is -1.02. The van der Waals surface area contributed by atoms with Crippen LogP contribution in [-0.4, -0.2) is 23.8 Å². The van der Waals surface area contributed by atoms with Gasteiger partial charge in [-0.25, -0.2) is 0 Å². The van der Waals surface area contributed by atoms with Gasteiger partial charge in [-0.2, -0.15) is 0 Å². The van der Waals surface area contributed by atoms with Crippen LogP contribution in [0.5, 0.6) is 0 Å². The Balaban J connectivity index is 1.89. The summed E-state index contributed by atoms with van der Waals surface area (Å²) >= 11 is 0. The van der Waals surface area contributed by atoms with Gasteiger partial charge in [0.15, 0.2) is 0 Å². The van der Waals surface area contributed by atoms with Crippen LogP contribution in [-0.2, 0) is 6.42 Å². The van der Waals surface area contributed by atoms with E-state index in [1.807, 2.05) is 0 Å². The van der Waals surface area contributed by atoms with Crippen molar-refractivity contribution in [2.75, 3.05) is 11.4 Å². The summed E-state index contributed by atoms with van der Waals surface area (Å²) in [6.07, 6.45) is 6.86. The lowest BCUT2D eigenvalue weighted by Crippen LogP contribution is -2.47. The molecule has 2 aliphatic rings. The maximum absolute atomic E-state index is 10.2. The summed E-state index contributed by atoms with van der Waals surface area (Å²) in [6.45, 7) is 1.11. The van der Waals surface area contributed by atoms with Crippen molar-refractivity contribution in [1.29, 1.82) is 0 Å². The molecule has 1 aliphatic heterocycles. The van der Waals surface area contributed by atoms with Crippen LogP contribution in [0.4, 0.5) is 5.69 Å². The Kier molecular flexibility index (Phi) is 3.06. The number of anilines is 1. The molecular formula is C15H21NO. The molecule has 17 heavy (non-hydrogen) atoms. The Bertz CT molecular complexity index is 390. The van der Waals surface area contributed by atoms with Crippen LogP contribution >= 0.6 is 0 Å². The standard InChI is InChI=1S/C15H21NO/c17-15-10-4-3-9-14(15)16-11-5-7-12-6-1-2-8-13(12)16/h1-2,6,8,14-15,17H,3-5,7,9-11H2/t14-,15-/m0/s1. The minimum absolute atomic E-state index is 0.130. The zero-order valence-electron chi connectivity index (χ0n) is 10.3. The van der Waals surface area contributed by atoms with Gasteiger partial charge in [-0.15, -0.1) is 0 Å². The Morgan fingerprint density at radius 1 is 1.06 bits per heavy atom. The molecule has 0 spiro atoms. The van der Waals surface area contributed by atoms with Crippen molar-refractivity contribution in [3.8, 4) is 0 Å². The molecule has 0 amide bonds. The molecule has 92 valence electrons. The highest BCUT2D eigenvalue weighted by Gasteiger charge is 2.31. The smallest absolute Gasteiger partial charge is 0.0743 e. The number of aryl methyl sites for hydroxylation is 1. The first kappa shape index (κ1) is 11.1. The minimum atomic E-state index is -0.130. The van der Waals surface area contributed by atoms with E-state index in [-0.39, 0.29) is 6.10 Å². The summed E-state index contributed by atoms with van der Waals surface area (Å²) in [5.41, 5.74) is 2.82. The fraction of sp³-hybridized carbons (Fsp3) is 0.600. The highest BCUT2D eigenvalue weighted by atomic mass is 16.3. The molecule has 1 aromatic rings. The Morgan fingerprint density at radius 3 is 2.76 bits per heavy atom. The van der Waals surface area contributed by atoms with Crippen molar-refractivity contribution in [2.24, 2.45) is 0 Å². The summed E-state index contributed by atoms with van der Waals surface area (Å²) in [5.74, 6) is 0. The molecular weight excluding hydrogens is 210 g/mol. The molecule has 1 aliphatic carbocycles. The Morgan fingerprint density at radius 2 is 1.88 bits per heavy atom. The molecule has 3 rings (SSSR count). The molecule has 1 aromatic carbocycles. The van der Waals surface area contributed by atoms with E-state index in [1.165, 1.54) is 36.9 Å². The molecule has 0 bridgehead atoms. The lowest BCUT2D eigenvalue weighted by atomic mass is 9.89. The fourth-order valence-electron chi connectivity index (χ4n) is 3.36. The van der Waals surface area contributed by atoms with Crippen LogP contribution in [0.2, 0.25) is 0 Å². The number of aliphatic hydroxyl groups excluding tert-OH is 1. The van der Waals surface area contributed by atoms with Crippen molar-refractivity contribution in [1.82, 2.24) is 0 Å². The second-order valence-electron chi connectivity index (χ2n) is 5.34. The summed E-state index contributed by atoms with van der Waals surface area (Å²) < 4.78 is 0. The zero-order chi connectivity index (χ0) is 11.7. The molecule has 0 unspecified atom stereocenters.